The highest BCUT2D eigenvalue weighted by molar-refractivity contribution is 7.52. The fourth-order valence-electron chi connectivity index (χ4n) is 0.661. The SMILES string of the molecule is CC(C)(C)OC(C(F)(F)F)P(=O)(O)O. The highest BCUT2D eigenvalue weighted by Crippen LogP contribution is 2.50. The molecule has 0 aliphatic heterocycles. The first kappa shape index (κ1) is 13.9. The Hall–Kier alpha value is -0.100. The summed E-state index contributed by atoms with van der Waals surface area (Å²) >= 11 is 0. The van der Waals surface area contributed by atoms with Gasteiger partial charge >= 0.3 is 13.8 Å². The van der Waals surface area contributed by atoms with Crippen molar-refractivity contribution in [3.63, 3.8) is 0 Å². The fourth-order valence-corrected chi connectivity index (χ4v) is 1.50. The Morgan fingerprint density at radius 3 is 1.64 bits per heavy atom. The lowest BCUT2D eigenvalue weighted by Gasteiger charge is -2.29. The zero-order valence-electron chi connectivity index (χ0n) is 7.87. The lowest BCUT2D eigenvalue weighted by molar-refractivity contribution is -0.220. The maximum absolute atomic E-state index is 12.1. The molecule has 86 valence electrons. The first-order valence-corrected chi connectivity index (χ1v) is 5.32. The Labute approximate surface area is 79.2 Å². The smallest absolute Gasteiger partial charge is 0.352 e. The minimum Gasteiger partial charge on any atom is -0.352 e. The molecular formula is C6H12F3O4P. The van der Waals surface area contributed by atoms with Gasteiger partial charge in [0.2, 0.25) is 0 Å². The first-order chi connectivity index (χ1) is 5.84. The standard InChI is InChI=1S/C6H12F3O4P/c1-5(2,3)13-4(6(7,8)9)14(10,11)12/h4H,1-3H3,(H2,10,11,12). The number of rotatable bonds is 2. The van der Waals surface area contributed by atoms with Gasteiger partial charge in [-0.2, -0.15) is 13.2 Å². The van der Waals surface area contributed by atoms with Crippen LogP contribution in [-0.2, 0) is 9.30 Å². The molecule has 4 nitrogen and oxygen atoms in total. The Balaban J connectivity index is 4.88. The molecule has 0 aliphatic rings. The van der Waals surface area contributed by atoms with Crippen molar-refractivity contribution in [1.29, 1.82) is 0 Å². The Bertz CT molecular complexity index is 238. The van der Waals surface area contributed by atoms with Crippen LogP contribution in [0.3, 0.4) is 0 Å². The van der Waals surface area contributed by atoms with Crippen LogP contribution in [-0.4, -0.2) is 27.4 Å². The van der Waals surface area contributed by atoms with E-state index in [1.54, 1.807) is 0 Å². The van der Waals surface area contributed by atoms with Crippen LogP contribution >= 0.6 is 7.60 Å². The third kappa shape index (κ3) is 4.95. The molecule has 8 heteroatoms. The third-order valence-corrected chi connectivity index (χ3v) is 2.06. The molecule has 0 spiro atoms. The van der Waals surface area contributed by atoms with Gasteiger partial charge in [-0.25, -0.2) is 0 Å². The summed E-state index contributed by atoms with van der Waals surface area (Å²) in [5.74, 6) is -3.06. The van der Waals surface area contributed by atoms with E-state index in [0.29, 0.717) is 0 Å². The van der Waals surface area contributed by atoms with Crippen LogP contribution in [0.1, 0.15) is 20.8 Å². The van der Waals surface area contributed by atoms with Crippen molar-refractivity contribution in [3.8, 4) is 0 Å². The van der Waals surface area contributed by atoms with Gasteiger partial charge < -0.3 is 14.5 Å². The molecule has 0 saturated heterocycles. The van der Waals surface area contributed by atoms with Crippen LogP contribution in [0, 0.1) is 0 Å². The second kappa shape index (κ2) is 3.81. The molecule has 0 amide bonds. The van der Waals surface area contributed by atoms with Gasteiger partial charge in [0.05, 0.1) is 5.60 Å². The molecule has 0 aromatic rings. The van der Waals surface area contributed by atoms with E-state index in [2.05, 4.69) is 4.74 Å². The molecule has 1 unspecified atom stereocenters. The second-order valence-electron chi connectivity index (χ2n) is 3.71. The van der Waals surface area contributed by atoms with E-state index in [1.807, 2.05) is 0 Å². The van der Waals surface area contributed by atoms with Crippen LogP contribution in [0.2, 0.25) is 0 Å². The average molecular weight is 236 g/mol. The Morgan fingerprint density at radius 1 is 1.21 bits per heavy atom. The maximum atomic E-state index is 12.1. The van der Waals surface area contributed by atoms with Gasteiger partial charge in [-0.1, -0.05) is 0 Å². The van der Waals surface area contributed by atoms with Gasteiger partial charge in [0.15, 0.2) is 0 Å². The zero-order valence-corrected chi connectivity index (χ0v) is 8.76. The highest BCUT2D eigenvalue weighted by atomic mass is 31.2. The summed E-state index contributed by atoms with van der Waals surface area (Å²) in [6, 6.07) is 0. The molecule has 1 atom stereocenters. The molecular weight excluding hydrogens is 224 g/mol. The van der Waals surface area contributed by atoms with E-state index in [1.165, 1.54) is 20.8 Å². The molecule has 0 rings (SSSR count). The van der Waals surface area contributed by atoms with Crippen LogP contribution < -0.4 is 0 Å². The van der Waals surface area contributed by atoms with Gasteiger partial charge in [-0.05, 0) is 20.8 Å². The average Bonchev–Trinajstić information content (AvgIpc) is 1.75. The summed E-state index contributed by atoms with van der Waals surface area (Å²) in [6.45, 7) is 3.84. The normalized spacial score (nSPS) is 16.9. The number of halogens is 3. The minimum atomic E-state index is -5.34. The molecule has 14 heavy (non-hydrogen) atoms. The van der Waals surface area contributed by atoms with Gasteiger partial charge in [-0.15, -0.1) is 0 Å². The van der Waals surface area contributed by atoms with E-state index < -0.39 is 25.2 Å². The van der Waals surface area contributed by atoms with Crippen LogP contribution in [0.5, 0.6) is 0 Å². The van der Waals surface area contributed by atoms with Crippen LogP contribution in [0.15, 0.2) is 0 Å². The van der Waals surface area contributed by atoms with Crippen molar-refractivity contribution in [2.45, 2.75) is 38.4 Å². The minimum absolute atomic E-state index is 1.28. The molecule has 0 aromatic carbocycles. The highest BCUT2D eigenvalue weighted by Gasteiger charge is 2.53. The summed E-state index contributed by atoms with van der Waals surface area (Å²) in [4.78, 5) is 16.9. The number of hydrogen-bond acceptors (Lipinski definition) is 2. The van der Waals surface area contributed by atoms with E-state index in [4.69, 9.17) is 9.79 Å². The number of alkyl halides is 3. The Kier molecular flexibility index (Phi) is 3.78. The van der Waals surface area contributed by atoms with Crippen molar-refractivity contribution >= 4 is 7.60 Å². The molecule has 0 aromatic heterocycles. The van der Waals surface area contributed by atoms with Crippen LogP contribution in [0.25, 0.3) is 0 Å². The number of hydrogen-bond donors (Lipinski definition) is 2. The van der Waals surface area contributed by atoms with Crippen molar-refractivity contribution < 1.29 is 32.3 Å². The molecule has 0 bridgehead atoms. The fraction of sp³-hybridized carbons (Fsp3) is 1.00. The molecule has 0 aliphatic carbocycles. The third-order valence-electron chi connectivity index (χ3n) is 1.05. The monoisotopic (exact) mass is 236 g/mol. The molecule has 0 fully saturated rings. The lowest BCUT2D eigenvalue weighted by atomic mass is 10.2. The predicted molar refractivity (Wildman–Crippen MR) is 42.7 cm³/mol. The van der Waals surface area contributed by atoms with Gasteiger partial charge in [-0.3, -0.25) is 4.57 Å². The van der Waals surface area contributed by atoms with Crippen LogP contribution in [0.4, 0.5) is 13.2 Å². The molecule has 0 radical (unpaired) electrons. The summed E-state index contributed by atoms with van der Waals surface area (Å²) in [5, 5.41) is 0. The van der Waals surface area contributed by atoms with E-state index in [0.717, 1.165) is 0 Å². The molecule has 2 N–H and O–H groups in total. The molecule has 0 heterocycles. The van der Waals surface area contributed by atoms with Gasteiger partial charge in [0.1, 0.15) is 0 Å². The lowest BCUT2D eigenvalue weighted by Crippen LogP contribution is -2.38. The summed E-state index contributed by atoms with van der Waals surface area (Å²) in [7, 11) is -5.34. The van der Waals surface area contributed by atoms with Gasteiger partial charge in [0.25, 0.3) is 5.85 Å². The number of ether oxygens (including phenoxy) is 1. The summed E-state index contributed by atoms with van der Waals surface area (Å²) in [5.41, 5.74) is -1.28. The van der Waals surface area contributed by atoms with E-state index >= 15 is 0 Å². The second-order valence-corrected chi connectivity index (χ2v) is 5.36. The summed E-state index contributed by atoms with van der Waals surface area (Å²) in [6.07, 6.45) is -5.08. The topological polar surface area (TPSA) is 66.8 Å². The Morgan fingerprint density at radius 2 is 1.57 bits per heavy atom. The van der Waals surface area contributed by atoms with Gasteiger partial charge in [0, 0.05) is 0 Å². The zero-order chi connectivity index (χ0) is 11.8. The van der Waals surface area contributed by atoms with E-state index in [-0.39, 0.29) is 0 Å². The van der Waals surface area contributed by atoms with Crippen molar-refractivity contribution in [2.24, 2.45) is 0 Å². The van der Waals surface area contributed by atoms with Crippen molar-refractivity contribution in [1.82, 2.24) is 0 Å². The quantitative estimate of drug-likeness (QED) is 0.718. The first-order valence-electron chi connectivity index (χ1n) is 3.64. The van der Waals surface area contributed by atoms with Crippen molar-refractivity contribution in [3.05, 3.63) is 0 Å². The summed E-state index contributed by atoms with van der Waals surface area (Å²) < 4.78 is 51.2. The predicted octanol–water partition coefficient (Wildman–Crippen LogP) is 1.87. The largest absolute Gasteiger partial charge is 0.426 e. The van der Waals surface area contributed by atoms with E-state index in [9.17, 15) is 17.7 Å². The maximum Gasteiger partial charge on any atom is 0.426 e. The molecule has 0 saturated carbocycles. The van der Waals surface area contributed by atoms with Crippen molar-refractivity contribution in [2.75, 3.05) is 0 Å².